The fraction of sp³-hybridized carbons (Fsp3) is 0.289. The quantitative estimate of drug-likeness (QED) is 0.0532. The molecule has 1 heterocycles. The Morgan fingerprint density at radius 2 is 1.39 bits per heavy atom. The SMILES string of the molecule is CC(=O)Nc1ccc(SCC2CC(c3ccc(CO)cc3)OC(c3ccc(NC(=O)CCCCC(=O)Nc4ccccc4N)cc3)O2)cc1. The second-order valence-electron chi connectivity index (χ2n) is 11.9. The fourth-order valence-corrected chi connectivity index (χ4v) is 6.31. The third kappa shape index (κ3) is 10.9. The first-order valence-electron chi connectivity index (χ1n) is 16.3. The van der Waals surface area contributed by atoms with Crippen LogP contribution < -0.4 is 21.7 Å². The van der Waals surface area contributed by atoms with Gasteiger partial charge in [-0.3, -0.25) is 14.4 Å². The van der Waals surface area contributed by atoms with Crippen molar-refractivity contribution in [3.63, 3.8) is 0 Å². The molecule has 6 N–H and O–H groups in total. The van der Waals surface area contributed by atoms with E-state index in [2.05, 4.69) is 16.0 Å². The standard InChI is InChI=1S/C38H42N4O6S/c1-25(44)40-29-18-20-32(21-19-29)49-24-31-22-35(27-12-10-26(23-43)11-13-27)48-38(47-31)28-14-16-30(17-15-28)41-36(45)8-4-5-9-37(46)42-34-7-3-2-6-33(34)39/h2-3,6-7,10-21,31,35,38,43H,4-5,8-9,22-24,39H2,1H3,(H,40,44)(H,41,45)(H,42,46). The summed E-state index contributed by atoms with van der Waals surface area (Å²) < 4.78 is 12.9. The van der Waals surface area contributed by atoms with Gasteiger partial charge in [0.1, 0.15) is 0 Å². The Kier molecular flexibility index (Phi) is 12.8. The Hall–Kier alpha value is -4.68. The minimum Gasteiger partial charge on any atom is -0.397 e. The number of anilines is 4. The number of carbonyl (C=O) groups is 3. The summed E-state index contributed by atoms with van der Waals surface area (Å²) in [5.41, 5.74) is 11.1. The number of rotatable bonds is 14. The van der Waals surface area contributed by atoms with Gasteiger partial charge in [0, 0.05) is 53.8 Å². The van der Waals surface area contributed by atoms with E-state index in [4.69, 9.17) is 15.2 Å². The van der Waals surface area contributed by atoms with Crippen LogP contribution in [0.25, 0.3) is 0 Å². The number of benzene rings is 4. The minimum absolute atomic E-state index is 0.0255. The molecule has 1 saturated heterocycles. The molecule has 0 spiro atoms. The van der Waals surface area contributed by atoms with Crippen molar-refractivity contribution in [2.75, 3.05) is 27.4 Å². The normalized spacial score (nSPS) is 17.2. The van der Waals surface area contributed by atoms with Crippen LogP contribution in [0, 0.1) is 0 Å². The largest absolute Gasteiger partial charge is 0.397 e. The highest BCUT2D eigenvalue weighted by atomic mass is 32.2. The zero-order valence-electron chi connectivity index (χ0n) is 27.4. The summed E-state index contributed by atoms with van der Waals surface area (Å²) in [5.74, 6) is 0.323. The molecule has 3 unspecified atom stereocenters. The molecule has 49 heavy (non-hydrogen) atoms. The molecule has 256 valence electrons. The maximum Gasteiger partial charge on any atom is 0.224 e. The van der Waals surface area contributed by atoms with Gasteiger partial charge in [-0.2, -0.15) is 0 Å². The van der Waals surface area contributed by atoms with Crippen molar-refractivity contribution in [1.82, 2.24) is 0 Å². The molecule has 4 aromatic carbocycles. The molecule has 3 amide bonds. The number of hydrogen-bond acceptors (Lipinski definition) is 8. The Balaban J connectivity index is 1.14. The topological polar surface area (TPSA) is 152 Å². The van der Waals surface area contributed by atoms with Crippen LogP contribution in [0.15, 0.2) is 102 Å². The van der Waals surface area contributed by atoms with Gasteiger partial charge in [0.15, 0.2) is 6.29 Å². The summed E-state index contributed by atoms with van der Waals surface area (Å²) in [6.07, 6.45) is 1.45. The molecule has 10 nitrogen and oxygen atoms in total. The van der Waals surface area contributed by atoms with E-state index in [1.165, 1.54) is 6.92 Å². The number of ether oxygens (including phenoxy) is 2. The Morgan fingerprint density at radius 3 is 2.04 bits per heavy atom. The number of thioether (sulfide) groups is 1. The van der Waals surface area contributed by atoms with Gasteiger partial charge < -0.3 is 36.3 Å². The van der Waals surface area contributed by atoms with Crippen LogP contribution in [-0.4, -0.2) is 34.7 Å². The number of nitrogens with one attached hydrogen (secondary N) is 3. The van der Waals surface area contributed by atoms with Crippen LogP contribution in [-0.2, 0) is 30.5 Å². The molecule has 0 aromatic heterocycles. The van der Waals surface area contributed by atoms with E-state index in [9.17, 15) is 19.5 Å². The number of carbonyl (C=O) groups excluding carboxylic acids is 3. The van der Waals surface area contributed by atoms with Crippen LogP contribution in [0.1, 0.15) is 68.1 Å². The lowest BCUT2D eigenvalue weighted by molar-refractivity contribution is -0.245. The molecule has 3 atom stereocenters. The predicted octanol–water partition coefficient (Wildman–Crippen LogP) is 7.19. The average Bonchev–Trinajstić information content (AvgIpc) is 3.11. The molecule has 0 aliphatic carbocycles. The van der Waals surface area contributed by atoms with Crippen molar-refractivity contribution < 1.29 is 29.0 Å². The zero-order chi connectivity index (χ0) is 34.6. The lowest BCUT2D eigenvalue weighted by atomic mass is 10.0. The molecule has 4 aromatic rings. The number of para-hydroxylation sites is 2. The molecule has 0 radical (unpaired) electrons. The van der Waals surface area contributed by atoms with E-state index in [1.54, 1.807) is 23.9 Å². The summed E-state index contributed by atoms with van der Waals surface area (Å²) in [6, 6.07) is 30.0. The summed E-state index contributed by atoms with van der Waals surface area (Å²) in [5, 5.41) is 18.0. The van der Waals surface area contributed by atoms with Crippen LogP contribution in [0.3, 0.4) is 0 Å². The number of nitrogens with two attached hydrogens (primary N) is 1. The van der Waals surface area contributed by atoms with Gasteiger partial charge in [0.25, 0.3) is 0 Å². The van der Waals surface area contributed by atoms with Crippen LogP contribution in [0.5, 0.6) is 0 Å². The monoisotopic (exact) mass is 682 g/mol. The molecule has 1 aliphatic heterocycles. The highest BCUT2D eigenvalue weighted by Gasteiger charge is 2.32. The van der Waals surface area contributed by atoms with Crippen molar-refractivity contribution in [1.29, 1.82) is 0 Å². The molecule has 0 bridgehead atoms. The van der Waals surface area contributed by atoms with Crippen molar-refractivity contribution in [2.45, 2.75) is 69.0 Å². The van der Waals surface area contributed by atoms with Crippen LogP contribution in [0.2, 0.25) is 0 Å². The number of aliphatic hydroxyl groups excluding tert-OH is 1. The fourth-order valence-electron chi connectivity index (χ4n) is 5.39. The van der Waals surface area contributed by atoms with Gasteiger partial charge in [0.05, 0.1) is 30.2 Å². The highest BCUT2D eigenvalue weighted by molar-refractivity contribution is 7.99. The third-order valence-corrected chi connectivity index (χ3v) is 9.13. The molecule has 0 saturated carbocycles. The first-order valence-corrected chi connectivity index (χ1v) is 17.3. The number of amides is 3. The van der Waals surface area contributed by atoms with Crippen LogP contribution in [0.4, 0.5) is 22.7 Å². The lowest BCUT2D eigenvalue weighted by Gasteiger charge is -2.36. The molecular weight excluding hydrogens is 641 g/mol. The number of aliphatic hydroxyl groups is 1. The Morgan fingerprint density at radius 1 is 0.776 bits per heavy atom. The van der Waals surface area contributed by atoms with Gasteiger partial charge in [-0.05, 0) is 72.5 Å². The van der Waals surface area contributed by atoms with Gasteiger partial charge in [-0.1, -0.05) is 48.5 Å². The zero-order valence-corrected chi connectivity index (χ0v) is 28.2. The number of unbranched alkanes of at least 4 members (excludes halogenated alkanes) is 1. The van der Waals surface area contributed by atoms with Crippen LogP contribution >= 0.6 is 11.8 Å². The van der Waals surface area contributed by atoms with E-state index in [1.807, 2.05) is 84.9 Å². The van der Waals surface area contributed by atoms with Crippen molar-refractivity contribution in [2.24, 2.45) is 0 Å². The molecule has 11 heteroatoms. The average molecular weight is 683 g/mol. The Labute approximate surface area is 290 Å². The third-order valence-electron chi connectivity index (χ3n) is 7.98. The van der Waals surface area contributed by atoms with E-state index in [0.717, 1.165) is 27.3 Å². The van der Waals surface area contributed by atoms with Crippen molar-refractivity contribution in [3.8, 4) is 0 Å². The van der Waals surface area contributed by atoms with Gasteiger partial charge in [-0.25, -0.2) is 0 Å². The Bertz CT molecular complexity index is 1700. The summed E-state index contributed by atoms with van der Waals surface area (Å²) >= 11 is 1.67. The number of nitrogen functional groups attached to an aromatic ring is 1. The smallest absolute Gasteiger partial charge is 0.224 e. The van der Waals surface area contributed by atoms with E-state index >= 15 is 0 Å². The van der Waals surface area contributed by atoms with Gasteiger partial charge in [-0.15, -0.1) is 11.8 Å². The minimum atomic E-state index is -0.619. The highest BCUT2D eigenvalue weighted by Crippen LogP contribution is 2.39. The molecule has 5 rings (SSSR count). The summed E-state index contributed by atoms with van der Waals surface area (Å²) in [4.78, 5) is 37.3. The first kappa shape index (κ1) is 35.6. The number of hydrogen-bond donors (Lipinski definition) is 5. The van der Waals surface area contributed by atoms with Crippen molar-refractivity contribution in [3.05, 3.63) is 114 Å². The van der Waals surface area contributed by atoms with E-state index < -0.39 is 6.29 Å². The van der Waals surface area contributed by atoms with E-state index in [-0.39, 0.29) is 36.5 Å². The molecule has 1 fully saturated rings. The predicted molar refractivity (Wildman–Crippen MR) is 193 cm³/mol. The van der Waals surface area contributed by atoms with Gasteiger partial charge in [0.2, 0.25) is 17.7 Å². The van der Waals surface area contributed by atoms with E-state index in [0.29, 0.717) is 54.9 Å². The maximum atomic E-state index is 12.6. The second kappa shape index (κ2) is 17.6. The second-order valence-corrected chi connectivity index (χ2v) is 13.0. The maximum absolute atomic E-state index is 12.6. The van der Waals surface area contributed by atoms with Crippen molar-refractivity contribution >= 4 is 52.2 Å². The molecule has 1 aliphatic rings. The molecular formula is C38H42N4O6S. The summed E-state index contributed by atoms with van der Waals surface area (Å²) in [7, 11) is 0. The lowest BCUT2D eigenvalue weighted by Crippen LogP contribution is -2.31. The van der Waals surface area contributed by atoms with Gasteiger partial charge >= 0.3 is 0 Å². The first-order chi connectivity index (χ1) is 23.7. The summed E-state index contributed by atoms with van der Waals surface area (Å²) in [6.45, 7) is 1.46.